The van der Waals surface area contributed by atoms with Gasteiger partial charge in [-0.25, -0.2) is 4.79 Å². The number of nitro groups is 1. The summed E-state index contributed by atoms with van der Waals surface area (Å²) in [6.07, 6.45) is 1.44. The molecule has 0 bridgehead atoms. The van der Waals surface area contributed by atoms with Crippen LogP contribution in [-0.2, 0) is 10.1 Å². The summed E-state index contributed by atoms with van der Waals surface area (Å²) in [5.74, 6) is -1.05. The second kappa shape index (κ2) is 10.0. The lowest BCUT2D eigenvalue weighted by molar-refractivity contribution is -0.385. The Balaban J connectivity index is 1.77. The van der Waals surface area contributed by atoms with Gasteiger partial charge < -0.3 is 14.0 Å². The maximum atomic E-state index is 12.7. The van der Waals surface area contributed by atoms with E-state index in [9.17, 15) is 23.3 Å². The number of anilines is 1. The second-order valence-electron chi connectivity index (χ2n) is 6.91. The summed E-state index contributed by atoms with van der Waals surface area (Å²) in [5.41, 5.74) is 3.97. The number of carbonyl (C=O) groups is 1. The van der Waals surface area contributed by atoms with E-state index in [2.05, 4.69) is 10.5 Å². The lowest BCUT2D eigenvalue weighted by atomic mass is 10.2. The van der Waals surface area contributed by atoms with Crippen molar-refractivity contribution in [3.8, 4) is 11.5 Å². The Morgan fingerprint density at radius 3 is 2.41 bits per heavy atom. The van der Waals surface area contributed by atoms with E-state index in [0.717, 1.165) is 6.07 Å². The van der Waals surface area contributed by atoms with Crippen LogP contribution in [0.4, 0.5) is 11.4 Å². The molecule has 3 aromatic rings. The number of nitrogens with zero attached hydrogens (tertiary/aromatic N) is 2. The minimum atomic E-state index is -4.37. The van der Waals surface area contributed by atoms with E-state index < -0.39 is 21.0 Å². The molecule has 34 heavy (non-hydrogen) atoms. The maximum absolute atomic E-state index is 12.7. The highest BCUT2D eigenvalue weighted by Crippen LogP contribution is 2.31. The molecule has 0 saturated heterocycles. The van der Waals surface area contributed by atoms with Crippen molar-refractivity contribution in [3.63, 3.8) is 0 Å². The summed E-state index contributed by atoms with van der Waals surface area (Å²) >= 11 is 0. The average molecular weight is 485 g/mol. The highest BCUT2D eigenvalue weighted by Gasteiger charge is 2.23. The summed E-state index contributed by atoms with van der Waals surface area (Å²) in [4.78, 5) is 21.0. The van der Waals surface area contributed by atoms with Gasteiger partial charge in [0.15, 0.2) is 11.5 Å². The Hall–Kier alpha value is -4.45. The number of nitro benzene ring substituents is 1. The first-order valence-electron chi connectivity index (χ1n) is 9.61. The molecule has 0 heterocycles. The summed E-state index contributed by atoms with van der Waals surface area (Å²) in [6, 6.07) is 13.8. The quantitative estimate of drug-likeness (QED) is 0.199. The SMILES string of the molecule is COc1cc(/C=N/Nc2ccc(C(=O)O)cc2)ccc1OS(=O)(=O)c1ccc(C)c([N+](=O)[O-])c1. The minimum Gasteiger partial charge on any atom is -0.493 e. The molecule has 0 aliphatic carbocycles. The number of carboxylic acids is 1. The number of hydrogen-bond donors (Lipinski definition) is 2. The van der Waals surface area contributed by atoms with E-state index in [1.807, 2.05) is 0 Å². The number of benzene rings is 3. The first-order chi connectivity index (χ1) is 16.1. The molecular formula is C22H19N3O8S. The molecule has 0 aliphatic heterocycles. The van der Waals surface area contributed by atoms with E-state index in [1.165, 1.54) is 62.7 Å². The summed E-state index contributed by atoms with van der Waals surface area (Å²) in [7, 11) is -3.04. The van der Waals surface area contributed by atoms with Gasteiger partial charge in [-0.05, 0) is 61.0 Å². The van der Waals surface area contributed by atoms with Crippen LogP contribution in [0.25, 0.3) is 0 Å². The molecule has 0 spiro atoms. The maximum Gasteiger partial charge on any atom is 0.339 e. The minimum absolute atomic E-state index is 0.0972. The van der Waals surface area contributed by atoms with Crippen molar-refractivity contribution in [1.29, 1.82) is 0 Å². The molecule has 176 valence electrons. The van der Waals surface area contributed by atoms with Crippen molar-refractivity contribution >= 4 is 33.7 Å². The van der Waals surface area contributed by atoms with Gasteiger partial charge in [-0.3, -0.25) is 15.5 Å². The predicted octanol–water partition coefficient (Wildman–Crippen LogP) is 3.82. The number of hydrazone groups is 1. The van der Waals surface area contributed by atoms with Crippen LogP contribution in [0.1, 0.15) is 21.5 Å². The monoisotopic (exact) mass is 485 g/mol. The Morgan fingerprint density at radius 1 is 1.09 bits per heavy atom. The lowest BCUT2D eigenvalue weighted by Gasteiger charge is -2.11. The molecule has 11 nitrogen and oxygen atoms in total. The average Bonchev–Trinajstić information content (AvgIpc) is 2.80. The van der Waals surface area contributed by atoms with E-state index in [-0.39, 0.29) is 27.6 Å². The molecule has 0 aromatic heterocycles. The number of rotatable bonds is 9. The third-order valence-corrected chi connectivity index (χ3v) is 5.82. The number of hydrogen-bond acceptors (Lipinski definition) is 9. The molecule has 0 saturated carbocycles. The first kappa shape index (κ1) is 24.2. The Bertz CT molecular complexity index is 1370. The first-order valence-corrected chi connectivity index (χ1v) is 11.0. The summed E-state index contributed by atoms with van der Waals surface area (Å²) in [5, 5.41) is 24.1. The fraction of sp³-hybridized carbons (Fsp3) is 0.0909. The molecule has 0 fully saturated rings. The van der Waals surface area contributed by atoms with Crippen molar-refractivity contribution in [3.05, 3.63) is 87.5 Å². The van der Waals surface area contributed by atoms with Crippen molar-refractivity contribution < 1.29 is 32.2 Å². The van der Waals surface area contributed by atoms with Gasteiger partial charge >= 0.3 is 16.1 Å². The van der Waals surface area contributed by atoms with Gasteiger partial charge in [-0.1, -0.05) is 6.07 Å². The van der Waals surface area contributed by atoms with Crippen LogP contribution in [0.5, 0.6) is 11.5 Å². The molecule has 0 unspecified atom stereocenters. The van der Waals surface area contributed by atoms with Crippen molar-refractivity contribution in [2.45, 2.75) is 11.8 Å². The highest BCUT2D eigenvalue weighted by atomic mass is 32.2. The van der Waals surface area contributed by atoms with E-state index >= 15 is 0 Å². The fourth-order valence-corrected chi connectivity index (χ4v) is 3.77. The van der Waals surface area contributed by atoms with Gasteiger partial charge in [0.25, 0.3) is 5.69 Å². The van der Waals surface area contributed by atoms with Crippen LogP contribution in [0.2, 0.25) is 0 Å². The normalized spacial score (nSPS) is 11.2. The predicted molar refractivity (Wildman–Crippen MR) is 123 cm³/mol. The van der Waals surface area contributed by atoms with Crippen LogP contribution < -0.4 is 14.3 Å². The van der Waals surface area contributed by atoms with Crippen molar-refractivity contribution in [1.82, 2.24) is 0 Å². The Kier molecular flexibility index (Phi) is 7.12. The lowest BCUT2D eigenvalue weighted by Crippen LogP contribution is -2.11. The van der Waals surface area contributed by atoms with Gasteiger partial charge in [0, 0.05) is 11.6 Å². The van der Waals surface area contributed by atoms with E-state index in [0.29, 0.717) is 16.8 Å². The second-order valence-corrected chi connectivity index (χ2v) is 8.45. The van der Waals surface area contributed by atoms with Crippen molar-refractivity contribution in [2.75, 3.05) is 12.5 Å². The highest BCUT2D eigenvalue weighted by molar-refractivity contribution is 7.87. The van der Waals surface area contributed by atoms with Gasteiger partial charge in [0.05, 0.1) is 29.5 Å². The number of aromatic carboxylic acids is 1. The largest absolute Gasteiger partial charge is 0.493 e. The van der Waals surface area contributed by atoms with Crippen LogP contribution in [0.3, 0.4) is 0 Å². The topological polar surface area (TPSA) is 157 Å². The third-order valence-electron chi connectivity index (χ3n) is 4.59. The molecule has 3 rings (SSSR count). The van der Waals surface area contributed by atoms with Gasteiger partial charge in [0.1, 0.15) is 4.90 Å². The molecule has 0 atom stereocenters. The third kappa shape index (κ3) is 5.66. The zero-order valence-electron chi connectivity index (χ0n) is 18.0. The smallest absolute Gasteiger partial charge is 0.339 e. The molecule has 0 aliphatic rings. The zero-order chi connectivity index (χ0) is 24.9. The number of carboxylic acid groups (broad SMARTS) is 1. The summed E-state index contributed by atoms with van der Waals surface area (Å²) < 4.78 is 35.7. The van der Waals surface area contributed by atoms with Crippen LogP contribution in [0.15, 0.2) is 70.7 Å². The van der Waals surface area contributed by atoms with Crippen LogP contribution >= 0.6 is 0 Å². The van der Waals surface area contributed by atoms with Crippen LogP contribution in [-0.4, -0.2) is 37.7 Å². The molecule has 12 heteroatoms. The number of aryl methyl sites for hydroxylation is 1. The molecule has 2 N–H and O–H groups in total. The molecule has 3 aromatic carbocycles. The van der Waals surface area contributed by atoms with Gasteiger partial charge in [-0.15, -0.1) is 0 Å². The van der Waals surface area contributed by atoms with E-state index in [1.54, 1.807) is 12.1 Å². The Labute approximate surface area is 194 Å². The van der Waals surface area contributed by atoms with Gasteiger partial charge in [-0.2, -0.15) is 13.5 Å². The van der Waals surface area contributed by atoms with Crippen LogP contribution in [0, 0.1) is 17.0 Å². The summed E-state index contributed by atoms with van der Waals surface area (Å²) in [6.45, 7) is 1.50. The number of ether oxygens (including phenoxy) is 1. The zero-order valence-corrected chi connectivity index (χ0v) is 18.8. The fourth-order valence-electron chi connectivity index (χ4n) is 2.81. The number of nitrogens with one attached hydrogen (secondary N) is 1. The van der Waals surface area contributed by atoms with Gasteiger partial charge in [0.2, 0.25) is 0 Å². The molecule has 0 amide bonds. The Morgan fingerprint density at radius 2 is 1.79 bits per heavy atom. The number of methoxy groups -OCH3 is 1. The molecular weight excluding hydrogens is 466 g/mol. The molecule has 0 radical (unpaired) electrons. The van der Waals surface area contributed by atoms with Crippen molar-refractivity contribution in [2.24, 2.45) is 5.10 Å². The standard InChI is InChI=1S/C22H19N3O8S/c1-14-3-9-18(12-19(14)25(28)29)34(30,31)33-20-10-4-15(11-21(20)32-2)13-23-24-17-7-5-16(6-8-17)22(26)27/h3-13,24H,1-2H3,(H,26,27)/b23-13+. The van der Waals surface area contributed by atoms with E-state index in [4.69, 9.17) is 14.0 Å².